The molecule has 0 aromatic heterocycles. The molecule has 6 nitrogen and oxygen atoms in total. The molecule has 0 spiro atoms. The number of ketones is 1. The molecule has 1 aliphatic carbocycles. The van der Waals surface area contributed by atoms with Gasteiger partial charge in [0.15, 0.2) is 11.4 Å². The molecule has 1 aliphatic rings. The Morgan fingerprint density at radius 1 is 0.589 bits per heavy atom. The van der Waals surface area contributed by atoms with E-state index in [2.05, 4.69) is 5.32 Å². The van der Waals surface area contributed by atoms with E-state index in [4.69, 9.17) is 0 Å². The van der Waals surface area contributed by atoms with Crippen LogP contribution < -0.4 is 10.6 Å². The standard InChI is InChI=1S/C41H31F9N2O4/c1-22(53)23-12-14-24(15-13-23)35(54)52-34-19-17-26(21-32(34)38(56,40(45,46)47)41(48,49)50)37(29-10-6-4-8-27(29)28-9-5-7-11-30(28)37)25-16-18-33(51-3)31(20-25)36(2,55)39(42,43)44/h4-21,51,55-56H,1-3H3,(H,52,54). The fraction of sp³-hybridized carbons (Fsp3) is 0.220. The summed E-state index contributed by atoms with van der Waals surface area (Å²) in [6.45, 7) is 1.74. The van der Waals surface area contributed by atoms with Crippen LogP contribution in [0.4, 0.5) is 50.9 Å². The van der Waals surface area contributed by atoms with Crippen LogP contribution >= 0.6 is 0 Å². The van der Waals surface area contributed by atoms with Crippen molar-refractivity contribution in [3.63, 3.8) is 0 Å². The van der Waals surface area contributed by atoms with E-state index in [1.54, 1.807) is 24.3 Å². The highest BCUT2D eigenvalue weighted by atomic mass is 19.4. The summed E-state index contributed by atoms with van der Waals surface area (Å²) in [5.74, 6) is -1.57. The van der Waals surface area contributed by atoms with Crippen molar-refractivity contribution in [3.8, 4) is 11.1 Å². The van der Waals surface area contributed by atoms with Crippen LogP contribution in [0.25, 0.3) is 11.1 Å². The van der Waals surface area contributed by atoms with Crippen LogP contribution in [0.1, 0.15) is 67.9 Å². The number of carbonyl (C=O) groups excluding carboxylic acids is 2. The van der Waals surface area contributed by atoms with Gasteiger partial charge in [-0.25, -0.2) is 0 Å². The number of carbonyl (C=O) groups is 2. The molecular weight excluding hydrogens is 755 g/mol. The SMILES string of the molecule is CNc1ccc(C2(c3ccc(NC(=O)c4ccc(C(C)=O)cc4)c(C(O)(C(F)(F)F)C(F)(F)F)c3)c3ccccc3-c3ccccc32)cc1C(C)(O)C(F)(F)F. The smallest absolute Gasteiger partial charge is 0.388 e. The highest BCUT2D eigenvalue weighted by Gasteiger charge is 2.72. The van der Waals surface area contributed by atoms with Crippen molar-refractivity contribution in [2.45, 2.75) is 49.0 Å². The summed E-state index contributed by atoms with van der Waals surface area (Å²) in [6.07, 6.45) is -18.1. The number of benzene rings is 5. The van der Waals surface area contributed by atoms with Gasteiger partial charge >= 0.3 is 18.5 Å². The van der Waals surface area contributed by atoms with E-state index in [9.17, 15) is 59.3 Å². The molecule has 0 radical (unpaired) electrons. The number of halogens is 9. The number of alkyl halides is 9. The summed E-state index contributed by atoms with van der Waals surface area (Å²) < 4.78 is 132. The first-order valence-corrected chi connectivity index (χ1v) is 16.8. The summed E-state index contributed by atoms with van der Waals surface area (Å²) >= 11 is 0. The van der Waals surface area contributed by atoms with E-state index < -0.39 is 57.9 Å². The molecule has 0 bridgehead atoms. The summed E-state index contributed by atoms with van der Waals surface area (Å²) in [5.41, 5.74) is -14.1. The first-order chi connectivity index (χ1) is 26.0. The van der Waals surface area contributed by atoms with Crippen LogP contribution in [0, 0.1) is 0 Å². The third-order valence-corrected chi connectivity index (χ3v) is 10.2. The molecule has 0 saturated heterocycles. The third kappa shape index (κ3) is 6.09. The molecule has 0 aliphatic heterocycles. The van der Waals surface area contributed by atoms with Crippen LogP contribution in [-0.4, -0.2) is 47.5 Å². The maximum atomic E-state index is 14.8. The normalized spacial score (nSPS) is 15.0. The van der Waals surface area contributed by atoms with Crippen LogP contribution in [-0.2, 0) is 16.6 Å². The van der Waals surface area contributed by atoms with E-state index in [0.29, 0.717) is 24.1 Å². The third-order valence-electron chi connectivity index (χ3n) is 10.2. The number of rotatable bonds is 8. The Kier molecular flexibility index (Phi) is 9.66. The summed E-state index contributed by atoms with van der Waals surface area (Å²) in [5, 5.41) is 26.5. The minimum Gasteiger partial charge on any atom is -0.388 e. The van der Waals surface area contributed by atoms with Gasteiger partial charge in [0.25, 0.3) is 11.5 Å². The molecule has 1 atom stereocenters. The van der Waals surface area contributed by atoms with Crippen LogP contribution in [0.15, 0.2) is 109 Å². The van der Waals surface area contributed by atoms with Crippen LogP contribution in [0.3, 0.4) is 0 Å². The van der Waals surface area contributed by atoms with E-state index in [1.807, 2.05) is 5.32 Å². The Labute approximate surface area is 313 Å². The Morgan fingerprint density at radius 2 is 1.04 bits per heavy atom. The lowest BCUT2D eigenvalue weighted by atomic mass is 9.66. The monoisotopic (exact) mass is 786 g/mol. The Hall–Kier alpha value is -5.67. The molecule has 5 aromatic carbocycles. The summed E-state index contributed by atoms with van der Waals surface area (Å²) in [6, 6.07) is 23.1. The summed E-state index contributed by atoms with van der Waals surface area (Å²) in [7, 11) is 1.30. The van der Waals surface area contributed by atoms with Gasteiger partial charge in [0.05, 0.1) is 5.41 Å². The van der Waals surface area contributed by atoms with Gasteiger partial charge in [-0.3, -0.25) is 9.59 Å². The molecule has 292 valence electrons. The lowest BCUT2D eigenvalue weighted by molar-refractivity contribution is -0.376. The molecule has 1 unspecified atom stereocenters. The molecule has 15 heteroatoms. The lowest BCUT2D eigenvalue weighted by Gasteiger charge is -2.38. The number of hydrogen-bond acceptors (Lipinski definition) is 5. The molecule has 0 fully saturated rings. The van der Waals surface area contributed by atoms with Gasteiger partial charge in [0.1, 0.15) is 0 Å². The van der Waals surface area contributed by atoms with Gasteiger partial charge in [-0.15, -0.1) is 0 Å². The number of aliphatic hydroxyl groups is 2. The van der Waals surface area contributed by atoms with Crippen LogP contribution in [0.2, 0.25) is 0 Å². The maximum absolute atomic E-state index is 14.8. The zero-order valence-corrected chi connectivity index (χ0v) is 29.5. The molecule has 0 saturated carbocycles. The molecule has 5 aromatic rings. The number of anilines is 2. The van der Waals surface area contributed by atoms with Gasteiger partial charge in [0, 0.05) is 40.7 Å². The predicted molar refractivity (Wildman–Crippen MR) is 189 cm³/mol. The fourth-order valence-electron chi connectivity index (χ4n) is 7.28. The van der Waals surface area contributed by atoms with E-state index >= 15 is 0 Å². The predicted octanol–water partition coefficient (Wildman–Crippen LogP) is 9.63. The van der Waals surface area contributed by atoms with Gasteiger partial charge in [-0.05, 0) is 83.6 Å². The molecule has 1 amide bonds. The topological polar surface area (TPSA) is 98.7 Å². The lowest BCUT2D eigenvalue weighted by Crippen LogP contribution is -2.54. The van der Waals surface area contributed by atoms with Gasteiger partial charge in [-0.2, -0.15) is 39.5 Å². The minimum absolute atomic E-state index is 0.0933. The largest absolute Gasteiger partial charge is 0.430 e. The van der Waals surface area contributed by atoms with Gasteiger partial charge < -0.3 is 20.8 Å². The number of Topliss-reactive ketones (excluding diaryl/α,β-unsaturated/α-hetero) is 1. The van der Waals surface area contributed by atoms with E-state index in [-0.39, 0.29) is 44.9 Å². The van der Waals surface area contributed by atoms with Crippen LogP contribution in [0.5, 0.6) is 0 Å². The molecule has 56 heavy (non-hydrogen) atoms. The second kappa shape index (κ2) is 13.5. The summed E-state index contributed by atoms with van der Waals surface area (Å²) in [4.78, 5) is 25.1. The zero-order chi connectivity index (χ0) is 41.2. The molecule has 0 heterocycles. The Balaban J connectivity index is 1.72. The van der Waals surface area contributed by atoms with E-state index in [0.717, 1.165) is 30.3 Å². The minimum atomic E-state index is -6.43. The molecular formula is C41H31F9N2O4. The number of fused-ring (bicyclic) bond motifs is 3. The highest BCUT2D eigenvalue weighted by Crippen LogP contribution is 2.59. The number of hydrogen-bond donors (Lipinski definition) is 4. The van der Waals surface area contributed by atoms with Crippen molar-refractivity contribution in [3.05, 3.63) is 154 Å². The average molecular weight is 787 g/mol. The maximum Gasteiger partial charge on any atom is 0.430 e. The quantitative estimate of drug-likeness (QED) is 0.0911. The van der Waals surface area contributed by atoms with Gasteiger partial charge in [-0.1, -0.05) is 72.8 Å². The van der Waals surface area contributed by atoms with E-state index in [1.165, 1.54) is 62.5 Å². The first-order valence-electron chi connectivity index (χ1n) is 16.8. The second-order valence-corrected chi connectivity index (χ2v) is 13.5. The van der Waals surface area contributed by atoms with Crippen molar-refractivity contribution < 1.29 is 59.3 Å². The van der Waals surface area contributed by atoms with Crippen molar-refractivity contribution in [2.24, 2.45) is 0 Å². The molecule has 6 rings (SSSR count). The van der Waals surface area contributed by atoms with Crippen molar-refractivity contribution in [1.29, 1.82) is 0 Å². The highest BCUT2D eigenvalue weighted by molar-refractivity contribution is 6.05. The van der Waals surface area contributed by atoms with Crippen molar-refractivity contribution >= 4 is 23.1 Å². The van der Waals surface area contributed by atoms with Crippen molar-refractivity contribution in [2.75, 3.05) is 17.7 Å². The Bertz CT molecular complexity index is 2290. The zero-order valence-electron chi connectivity index (χ0n) is 29.5. The number of amides is 1. The second-order valence-electron chi connectivity index (χ2n) is 13.5. The molecule has 4 N–H and O–H groups in total. The first kappa shape index (κ1) is 40.0. The van der Waals surface area contributed by atoms with Crippen molar-refractivity contribution in [1.82, 2.24) is 0 Å². The van der Waals surface area contributed by atoms with Gasteiger partial charge in [0.2, 0.25) is 0 Å². The Morgan fingerprint density at radius 3 is 1.48 bits per heavy atom. The average Bonchev–Trinajstić information content (AvgIpc) is 3.44. The number of nitrogens with one attached hydrogen (secondary N) is 2. The fourth-order valence-corrected chi connectivity index (χ4v) is 7.28.